The van der Waals surface area contributed by atoms with E-state index in [0.717, 1.165) is 19.3 Å². The first kappa shape index (κ1) is 30.6. The number of carbonyl (C=O) groups excluding carboxylic acids is 2. The van der Waals surface area contributed by atoms with Gasteiger partial charge in [-0.05, 0) is 63.0 Å². The number of carbonyl (C=O) groups is 3. The van der Waals surface area contributed by atoms with Crippen molar-refractivity contribution < 1.29 is 37.1 Å². The average molecular weight is 607 g/mol. The van der Waals surface area contributed by atoms with Gasteiger partial charge in [-0.25, -0.2) is 4.98 Å². The zero-order valence-electron chi connectivity index (χ0n) is 24.1. The molecule has 0 radical (unpaired) electrons. The molecule has 1 aliphatic carbocycles. The van der Waals surface area contributed by atoms with Crippen LogP contribution in [0.25, 0.3) is 0 Å². The fourth-order valence-corrected chi connectivity index (χ4v) is 6.20. The Balaban J connectivity index is 1.19. The Morgan fingerprint density at radius 3 is 2.33 bits per heavy atom. The number of alkyl halides is 3. The zero-order valence-corrected chi connectivity index (χ0v) is 24.1. The zero-order chi connectivity index (χ0) is 30.7. The number of carboxylic acids is 1. The van der Waals surface area contributed by atoms with Gasteiger partial charge in [0.25, 0.3) is 11.9 Å². The molecular weight excluding hydrogens is 569 g/mol. The lowest BCUT2D eigenvalue weighted by molar-refractivity contribution is -0.145. The van der Waals surface area contributed by atoms with Gasteiger partial charge >= 0.3 is 12.1 Å². The summed E-state index contributed by atoms with van der Waals surface area (Å²) >= 11 is 0. The van der Waals surface area contributed by atoms with Gasteiger partial charge in [-0.15, -0.1) is 0 Å². The largest absolute Gasteiger partial charge is 0.481 e. The molecule has 14 heteroatoms. The molecule has 1 atom stereocenters. The van der Waals surface area contributed by atoms with Crippen LogP contribution in [-0.4, -0.2) is 77.0 Å². The predicted molar refractivity (Wildman–Crippen MR) is 151 cm³/mol. The normalized spacial score (nSPS) is 23.5. The number of nitrogens with zero attached hydrogens (tertiary/aromatic N) is 5. The second kappa shape index (κ2) is 12.8. The monoisotopic (exact) mass is 606 g/mol. The molecule has 1 unspecified atom stereocenters. The van der Waals surface area contributed by atoms with E-state index in [9.17, 15) is 32.7 Å². The second-order valence-electron chi connectivity index (χ2n) is 11.8. The molecule has 234 valence electrons. The van der Waals surface area contributed by atoms with Gasteiger partial charge in [0.1, 0.15) is 5.82 Å². The number of halogens is 3. The maximum Gasteiger partial charge on any atom is 0.437 e. The number of piperidine rings is 1. The van der Waals surface area contributed by atoms with Crippen molar-refractivity contribution in [2.24, 2.45) is 17.8 Å². The Morgan fingerprint density at radius 2 is 1.67 bits per heavy atom. The van der Waals surface area contributed by atoms with E-state index in [1.165, 1.54) is 6.20 Å². The highest BCUT2D eigenvalue weighted by Crippen LogP contribution is 2.35. The first-order valence-electron chi connectivity index (χ1n) is 14.9. The van der Waals surface area contributed by atoms with E-state index in [0.29, 0.717) is 70.8 Å². The molecule has 0 bridgehead atoms. The van der Waals surface area contributed by atoms with E-state index in [1.807, 2.05) is 16.7 Å². The van der Waals surface area contributed by atoms with Gasteiger partial charge in [-0.3, -0.25) is 14.4 Å². The molecular formula is C29H37F3N6O5. The minimum absolute atomic E-state index is 0.0697. The number of aliphatic carboxylic acids is 1. The van der Waals surface area contributed by atoms with E-state index in [-0.39, 0.29) is 35.4 Å². The molecule has 2 aromatic heterocycles. The van der Waals surface area contributed by atoms with Crippen LogP contribution in [0.3, 0.4) is 0 Å². The number of hydrogen-bond donors (Lipinski definition) is 2. The van der Waals surface area contributed by atoms with Gasteiger partial charge in [0, 0.05) is 45.2 Å². The molecule has 5 rings (SSSR count). The van der Waals surface area contributed by atoms with Crippen LogP contribution in [-0.2, 0) is 15.8 Å². The van der Waals surface area contributed by atoms with E-state index >= 15 is 0 Å². The molecule has 0 aromatic carbocycles. The molecule has 2 aromatic rings. The summed E-state index contributed by atoms with van der Waals surface area (Å²) in [5, 5.41) is 11.7. The number of hydrogen-bond acceptors (Lipinski definition) is 8. The number of aromatic nitrogens is 2. The maximum atomic E-state index is 13.7. The predicted octanol–water partition coefficient (Wildman–Crippen LogP) is 4.51. The maximum absolute atomic E-state index is 13.7. The number of oxazole rings is 1. The van der Waals surface area contributed by atoms with Crippen molar-refractivity contribution in [3.63, 3.8) is 0 Å². The molecule has 0 spiro atoms. The summed E-state index contributed by atoms with van der Waals surface area (Å²) in [4.78, 5) is 50.8. The summed E-state index contributed by atoms with van der Waals surface area (Å²) in [6.07, 6.45) is 1.20. The number of nitrogens with one attached hydrogen (secondary N) is 1. The van der Waals surface area contributed by atoms with Crippen LogP contribution in [0.4, 0.5) is 30.7 Å². The van der Waals surface area contributed by atoms with Crippen LogP contribution >= 0.6 is 0 Å². The summed E-state index contributed by atoms with van der Waals surface area (Å²) < 4.78 is 46.6. The topological polar surface area (TPSA) is 132 Å². The molecule has 43 heavy (non-hydrogen) atoms. The minimum Gasteiger partial charge on any atom is -0.481 e. The van der Waals surface area contributed by atoms with Crippen molar-refractivity contribution >= 4 is 35.3 Å². The highest BCUT2D eigenvalue weighted by Gasteiger charge is 2.42. The van der Waals surface area contributed by atoms with E-state index in [2.05, 4.69) is 15.3 Å². The summed E-state index contributed by atoms with van der Waals surface area (Å²) in [5.74, 6) is -2.31. The Hall–Kier alpha value is -3.84. The number of amides is 2. The van der Waals surface area contributed by atoms with E-state index < -0.39 is 29.5 Å². The third-order valence-electron chi connectivity index (χ3n) is 8.58. The highest BCUT2D eigenvalue weighted by atomic mass is 19.4. The quantitative estimate of drug-likeness (QED) is 0.488. The third-order valence-corrected chi connectivity index (χ3v) is 8.58. The van der Waals surface area contributed by atoms with Crippen molar-refractivity contribution in [2.75, 3.05) is 54.4 Å². The second-order valence-corrected chi connectivity index (χ2v) is 11.8. The first-order valence-corrected chi connectivity index (χ1v) is 14.9. The molecule has 2 aliphatic heterocycles. The Kier molecular flexibility index (Phi) is 9.11. The molecule has 11 nitrogen and oxygen atoms in total. The summed E-state index contributed by atoms with van der Waals surface area (Å²) in [5.41, 5.74) is -1.16. The van der Waals surface area contributed by atoms with Crippen molar-refractivity contribution in [1.29, 1.82) is 0 Å². The Labute approximate surface area is 247 Å². The van der Waals surface area contributed by atoms with Crippen molar-refractivity contribution in [1.82, 2.24) is 14.9 Å². The number of pyridine rings is 1. The highest BCUT2D eigenvalue weighted by molar-refractivity contribution is 6.03. The molecule has 4 heterocycles. The minimum atomic E-state index is -4.86. The van der Waals surface area contributed by atoms with Gasteiger partial charge in [0.2, 0.25) is 11.7 Å². The van der Waals surface area contributed by atoms with Crippen molar-refractivity contribution in [3.8, 4) is 0 Å². The molecule has 2 N–H and O–H groups in total. The molecule has 1 saturated carbocycles. The lowest BCUT2D eigenvalue weighted by Gasteiger charge is -2.30. The van der Waals surface area contributed by atoms with Gasteiger partial charge in [-0.1, -0.05) is 6.92 Å². The standard InChI is InChI=1S/C29H37F3N6O5/c1-18-4-2-11-38(17-18)28-35-24(29(30,31)32)23(43-28)25(39)34-21-9-10-22(33-16-21)36-12-3-13-37(15-14-36)26(40)19-5-7-20(8-6-19)27(41)42/h9-10,16,18-20H,2-8,11-15,17H2,1H3,(H,34,39)(H,41,42)/t18?,19-,20+. The fourth-order valence-electron chi connectivity index (χ4n) is 6.20. The van der Waals surface area contributed by atoms with Gasteiger partial charge in [-0.2, -0.15) is 18.2 Å². The Bertz CT molecular complexity index is 1310. The molecule has 3 fully saturated rings. The first-order chi connectivity index (χ1) is 20.5. The number of carboxylic acid groups (broad SMARTS) is 1. The molecule has 2 saturated heterocycles. The Morgan fingerprint density at radius 1 is 0.953 bits per heavy atom. The SMILES string of the molecule is CC1CCCN(c2nc(C(F)(F)F)c(C(=O)Nc3ccc(N4CCCN(C(=O)[C@H]5CC[C@@H](C(=O)O)CC5)CC4)nc3)o2)C1. The van der Waals surface area contributed by atoms with Crippen LogP contribution in [0, 0.1) is 17.8 Å². The van der Waals surface area contributed by atoms with Gasteiger partial charge < -0.3 is 29.5 Å². The number of anilines is 3. The van der Waals surface area contributed by atoms with E-state index in [1.54, 1.807) is 17.0 Å². The number of rotatable bonds is 6. The molecule has 3 aliphatic rings. The van der Waals surface area contributed by atoms with Crippen molar-refractivity contribution in [2.45, 2.75) is 58.0 Å². The smallest absolute Gasteiger partial charge is 0.437 e. The lowest BCUT2D eigenvalue weighted by atomic mass is 9.81. The summed E-state index contributed by atoms with van der Waals surface area (Å²) in [6.45, 7) is 5.30. The summed E-state index contributed by atoms with van der Waals surface area (Å²) in [7, 11) is 0. The van der Waals surface area contributed by atoms with Crippen LogP contribution < -0.4 is 15.1 Å². The van der Waals surface area contributed by atoms with Gasteiger partial charge in [0.05, 0.1) is 17.8 Å². The molecule has 2 amide bonds. The average Bonchev–Trinajstić information content (AvgIpc) is 3.31. The fraction of sp³-hybridized carbons (Fsp3) is 0.621. The third kappa shape index (κ3) is 7.21. The van der Waals surface area contributed by atoms with Crippen LogP contribution in [0.5, 0.6) is 0 Å². The van der Waals surface area contributed by atoms with E-state index in [4.69, 9.17) is 4.42 Å². The van der Waals surface area contributed by atoms with Gasteiger partial charge in [0.15, 0.2) is 5.69 Å². The van der Waals surface area contributed by atoms with Crippen LogP contribution in [0.15, 0.2) is 22.7 Å². The summed E-state index contributed by atoms with van der Waals surface area (Å²) in [6, 6.07) is 3.02. The van der Waals surface area contributed by atoms with Crippen molar-refractivity contribution in [3.05, 3.63) is 29.8 Å². The van der Waals surface area contributed by atoms with Crippen LogP contribution in [0.1, 0.15) is 68.1 Å². The van der Waals surface area contributed by atoms with Crippen LogP contribution in [0.2, 0.25) is 0 Å². The lowest BCUT2D eigenvalue weighted by Crippen LogP contribution is -2.40.